The Morgan fingerprint density at radius 2 is 1.81 bits per heavy atom. The third-order valence-electron chi connectivity index (χ3n) is 4.34. The lowest BCUT2D eigenvalue weighted by Crippen LogP contribution is -2.36. The van der Waals surface area contributed by atoms with E-state index >= 15 is 0 Å². The van der Waals surface area contributed by atoms with Gasteiger partial charge in [0.1, 0.15) is 6.61 Å². The molecule has 6 nitrogen and oxygen atoms in total. The van der Waals surface area contributed by atoms with Crippen LogP contribution in [0.4, 0.5) is 4.79 Å². The van der Waals surface area contributed by atoms with E-state index in [-0.39, 0.29) is 19.1 Å². The monoisotopic (exact) mass is 353 g/mol. The zero-order valence-corrected chi connectivity index (χ0v) is 14.4. The van der Waals surface area contributed by atoms with Crippen LogP contribution in [0.2, 0.25) is 0 Å². The molecule has 0 aromatic heterocycles. The van der Waals surface area contributed by atoms with Gasteiger partial charge in [-0.25, -0.2) is 14.5 Å². The van der Waals surface area contributed by atoms with Crippen molar-refractivity contribution in [2.45, 2.75) is 12.3 Å². The standard InChI is InChI=1S/C20H19NO5/c1-25-19(23)16-9-7-15(8-10-16)17(13-14-5-3-2-4-6-14)18(22)21-11-12-26-20(21)24/h2-10,17H,11-13H2,1H3. The van der Waals surface area contributed by atoms with E-state index in [0.29, 0.717) is 12.0 Å². The summed E-state index contributed by atoms with van der Waals surface area (Å²) in [6.07, 6.45) is -0.166. The Balaban J connectivity index is 1.90. The fourth-order valence-corrected chi connectivity index (χ4v) is 2.95. The van der Waals surface area contributed by atoms with Crippen molar-refractivity contribution in [3.05, 3.63) is 71.3 Å². The maximum absolute atomic E-state index is 13.0. The molecule has 1 aliphatic rings. The van der Waals surface area contributed by atoms with Gasteiger partial charge in [0.05, 0.1) is 25.1 Å². The summed E-state index contributed by atoms with van der Waals surface area (Å²) >= 11 is 0. The van der Waals surface area contributed by atoms with Crippen molar-refractivity contribution in [2.24, 2.45) is 0 Å². The van der Waals surface area contributed by atoms with Crippen LogP contribution in [0.3, 0.4) is 0 Å². The van der Waals surface area contributed by atoms with Gasteiger partial charge in [-0.1, -0.05) is 42.5 Å². The quantitative estimate of drug-likeness (QED) is 0.773. The lowest BCUT2D eigenvalue weighted by Gasteiger charge is -2.21. The molecule has 2 aromatic carbocycles. The minimum absolute atomic E-state index is 0.212. The van der Waals surface area contributed by atoms with Gasteiger partial charge in [-0.15, -0.1) is 0 Å². The van der Waals surface area contributed by atoms with Crippen LogP contribution in [0.5, 0.6) is 0 Å². The number of imide groups is 1. The molecule has 2 aromatic rings. The van der Waals surface area contributed by atoms with Crippen molar-refractivity contribution < 1.29 is 23.9 Å². The summed E-state index contributed by atoms with van der Waals surface area (Å²) < 4.78 is 9.59. The zero-order valence-electron chi connectivity index (χ0n) is 14.4. The summed E-state index contributed by atoms with van der Waals surface area (Å²) in [7, 11) is 1.32. The van der Waals surface area contributed by atoms with Gasteiger partial charge in [0.15, 0.2) is 0 Å². The highest BCUT2D eigenvalue weighted by Gasteiger charge is 2.34. The average molecular weight is 353 g/mol. The predicted octanol–water partition coefficient (Wildman–Crippen LogP) is 2.78. The second-order valence-electron chi connectivity index (χ2n) is 5.96. The minimum Gasteiger partial charge on any atom is -0.465 e. The molecule has 26 heavy (non-hydrogen) atoms. The van der Waals surface area contributed by atoms with Crippen molar-refractivity contribution in [1.82, 2.24) is 4.90 Å². The van der Waals surface area contributed by atoms with Gasteiger partial charge in [0, 0.05) is 0 Å². The number of nitrogens with zero attached hydrogens (tertiary/aromatic N) is 1. The van der Waals surface area contributed by atoms with Crippen LogP contribution in [0.15, 0.2) is 54.6 Å². The molecule has 0 N–H and O–H groups in total. The highest BCUT2D eigenvalue weighted by atomic mass is 16.6. The Morgan fingerprint density at radius 3 is 2.38 bits per heavy atom. The molecule has 0 spiro atoms. The molecule has 6 heteroatoms. The molecule has 2 amide bonds. The number of esters is 1. The van der Waals surface area contributed by atoms with Crippen molar-refractivity contribution in [3.8, 4) is 0 Å². The highest BCUT2D eigenvalue weighted by Crippen LogP contribution is 2.25. The summed E-state index contributed by atoms with van der Waals surface area (Å²) in [5.41, 5.74) is 2.12. The summed E-state index contributed by atoms with van der Waals surface area (Å²) in [5.74, 6) is -1.29. The van der Waals surface area contributed by atoms with Gasteiger partial charge in [-0.3, -0.25) is 4.79 Å². The topological polar surface area (TPSA) is 72.9 Å². The number of carbonyl (C=O) groups is 3. The molecule has 1 atom stereocenters. The molecule has 1 heterocycles. The summed E-state index contributed by atoms with van der Waals surface area (Å²) in [6.45, 7) is 0.465. The fourth-order valence-electron chi connectivity index (χ4n) is 2.95. The molecule has 0 radical (unpaired) electrons. The van der Waals surface area contributed by atoms with Crippen LogP contribution in [0, 0.1) is 0 Å². The SMILES string of the molecule is COC(=O)c1ccc(C(Cc2ccccc2)C(=O)N2CCOC2=O)cc1. The Labute approximate surface area is 151 Å². The smallest absolute Gasteiger partial charge is 0.416 e. The summed E-state index contributed by atoms with van der Waals surface area (Å²) in [6, 6.07) is 16.3. The van der Waals surface area contributed by atoms with Crippen LogP contribution in [-0.2, 0) is 20.7 Å². The number of benzene rings is 2. The maximum atomic E-state index is 13.0. The van der Waals surface area contributed by atoms with Crippen molar-refractivity contribution in [2.75, 3.05) is 20.3 Å². The first kappa shape index (κ1) is 17.7. The number of carbonyl (C=O) groups excluding carboxylic acids is 3. The first-order valence-electron chi connectivity index (χ1n) is 8.30. The van der Waals surface area contributed by atoms with E-state index in [9.17, 15) is 14.4 Å². The third-order valence-corrected chi connectivity index (χ3v) is 4.34. The lowest BCUT2D eigenvalue weighted by atomic mass is 9.90. The van der Waals surface area contributed by atoms with Gasteiger partial charge in [-0.2, -0.15) is 0 Å². The molecule has 1 saturated heterocycles. The highest BCUT2D eigenvalue weighted by molar-refractivity contribution is 5.97. The average Bonchev–Trinajstić information content (AvgIpc) is 3.12. The van der Waals surface area contributed by atoms with Gasteiger partial charge in [0.25, 0.3) is 0 Å². The molecule has 1 aliphatic heterocycles. The van der Waals surface area contributed by atoms with Crippen LogP contribution < -0.4 is 0 Å². The molecular formula is C20H19NO5. The summed E-state index contributed by atoms with van der Waals surface area (Å²) in [4.78, 5) is 37.5. The van der Waals surface area contributed by atoms with E-state index in [1.165, 1.54) is 7.11 Å². The Kier molecular flexibility index (Phi) is 5.31. The zero-order chi connectivity index (χ0) is 18.5. The first-order chi connectivity index (χ1) is 12.6. The molecule has 0 saturated carbocycles. The number of hydrogen-bond donors (Lipinski definition) is 0. The van der Waals surface area contributed by atoms with Crippen LogP contribution in [-0.4, -0.2) is 43.1 Å². The second kappa shape index (κ2) is 7.82. The molecular weight excluding hydrogens is 334 g/mol. The molecule has 0 bridgehead atoms. The number of amides is 2. The largest absolute Gasteiger partial charge is 0.465 e. The number of rotatable bonds is 5. The van der Waals surface area contributed by atoms with E-state index in [2.05, 4.69) is 0 Å². The van der Waals surface area contributed by atoms with Gasteiger partial charge >= 0.3 is 12.1 Å². The van der Waals surface area contributed by atoms with Gasteiger partial charge in [-0.05, 0) is 29.7 Å². The molecule has 1 unspecified atom stereocenters. The molecule has 1 fully saturated rings. The van der Waals surface area contributed by atoms with Crippen molar-refractivity contribution >= 4 is 18.0 Å². The number of ether oxygens (including phenoxy) is 2. The second-order valence-corrected chi connectivity index (χ2v) is 5.96. The normalized spacial score (nSPS) is 14.7. The maximum Gasteiger partial charge on any atom is 0.416 e. The molecule has 134 valence electrons. The van der Waals surface area contributed by atoms with E-state index in [1.54, 1.807) is 24.3 Å². The number of methoxy groups -OCH3 is 1. The van der Waals surface area contributed by atoms with Gasteiger partial charge in [0.2, 0.25) is 5.91 Å². The van der Waals surface area contributed by atoms with E-state index in [4.69, 9.17) is 9.47 Å². The first-order valence-corrected chi connectivity index (χ1v) is 8.30. The molecule has 0 aliphatic carbocycles. The Bertz CT molecular complexity index is 801. The Morgan fingerprint density at radius 1 is 1.12 bits per heavy atom. The number of hydrogen-bond acceptors (Lipinski definition) is 5. The minimum atomic E-state index is -0.612. The fraction of sp³-hybridized carbons (Fsp3) is 0.250. The summed E-state index contributed by atoms with van der Waals surface area (Å²) in [5, 5.41) is 0. The van der Waals surface area contributed by atoms with E-state index in [1.807, 2.05) is 30.3 Å². The van der Waals surface area contributed by atoms with Crippen LogP contribution >= 0.6 is 0 Å². The van der Waals surface area contributed by atoms with E-state index < -0.39 is 18.0 Å². The molecule has 3 rings (SSSR count). The van der Waals surface area contributed by atoms with E-state index in [0.717, 1.165) is 16.0 Å². The van der Waals surface area contributed by atoms with Crippen molar-refractivity contribution in [3.63, 3.8) is 0 Å². The number of cyclic esters (lactones) is 1. The lowest BCUT2D eigenvalue weighted by molar-refractivity contribution is -0.129. The Hall–Kier alpha value is -3.15. The van der Waals surface area contributed by atoms with Crippen LogP contribution in [0.1, 0.15) is 27.4 Å². The van der Waals surface area contributed by atoms with Crippen LogP contribution in [0.25, 0.3) is 0 Å². The van der Waals surface area contributed by atoms with Gasteiger partial charge < -0.3 is 9.47 Å². The predicted molar refractivity (Wildman–Crippen MR) is 93.7 cm³/mol. The van der Waals surface area contributed by atoms with Crippen molar-refractivity contribution in [1.29, 1.82) is 0 Å². The third kappa shape index (κ3) is 3.74.